The number of nitrogens with zero attached hydrogens (tertiary/aromatic N) is 5. The SMILES string of the molecule is CC1(C)OC(=O)CC(=O)O1.CCc1cccc2c(C(CC(=O)N3CCN(c4ccc([N+](=O)[O-])cc4)CC3)c3cccc4c3OCO4)c[nH]c12.CCc1cccc2c(C(CC(=O)O)c3cccc4c3OCO4)c[nH]c12.CCc1cccc2c(C(CC(=O)O)c3cccc4c3OCO4)c[nH]c12.CCc1cccc2cc[nH]c12.O=Cc1cccc2c1OCO2.O=[N+]([O-])c1ccc(N2CCNCC2)cc1. The fourth-order valence-corrected chi connectivity index (χ4v) is 17.9. The number of aliphatic carboxylic acids is 2. The molecule has 3 fully saturated rings. The van der Waals surface area contributed by atoms with Gasteiger partial charge in [0.05, 0.1) is 28.3 Å². The summed E-state index contributed by atoms with van der Waals surface area (Å²) in [7, 11) is 0. The van der Waals surface area contributed by atoms with Gasteiger partial charge < -0.3 is 97.5 Å². The van der Waals surface area contributed by atoms with Crippen molar-refractivity contribution in [3.05, 3.63) is 306 Å². The number of piperazine rings is 2. The molecule has 7 aliphatic heterocycles. The highest BCUT2D eigenvalue weighted by Gasteiger charge is 2.37. The third-order valence-electron chi connectivity index (χ3n) is 24.5. The molecule has 0 radical (unpaired) electrons. The van der Waals surface area contributed by atoms with Crippen molar-refractivity contribution in [2.75, 3.05) is 89.3 Å². The van der Waals surface area contributed by atoms with Crippen LogP contribution in [0.2, 0.25) is 0 Å². The van der Waals surface area contributed by atoms with Crippen LogP contribution >= 0.6 is 0 Å². The molecule has 32 nitrogen and oxygen atoms in total. The van der Waals surface area contributed by atoms with Gasteiger partial charge >= 0.3 is 23.9 Å². The fourth-order valence-electron chi connectivity index (χ4n) is 17.9. The van der Waals surface area contributed by atoms with Gasteiger partial charge in [0.1, 0.15) is 6.42 Å². The monoisotopic (exact) mass is 1850 g/mol. The van der Waals surface area contributed by atoms with Gasteiger partial charge in [0.2, 0.25) is 33.1 Å². The molecule has 136 heavy (non-hydrogen) atoms. The molecule has 10 aromatic carbocycles. The number of fused-ring (bicyclic) bond motifs is 8. The molecule has 704 valence electrons. The lowest BCUT2D eigenvalue weighted by molar-refractivity contribution is -0.385. The molecule has 21 rings (SSSR count). The maximum absolute atomic E-state index is 13.7. The van der Waals surface area contributed by atoms with E-state index in [1.807, 2.05) is 121 Å². The number of aromatic amines is 4. The zero-order chi connectivity index (χ0) is 95.5. The Morgan fingerprint density at radius 3 is 1.16 bits per heavy atom. The van der Waals surface area contributed by atoms with Gasteiger partial charge in [-0.05, 0) is 131 Å². The Hall–Kier alpha value is -15.9. The summed E-state index contributed by atoms with van der Waals surface area (Å²) in [4.78, 5) is 109. The zero-order valence-corrected chi connectivity index (χ0v) is 76.1. The molecule has 3 unspecified atom stereocenters. The third-order valence-corrected chi connectivity index (χ3v) is 24.5. The fraction of sp³-hybridized carbons (Fsp3) is 0.288. The third kappa shape index (κ3) is 22.1. The molecule has 7 aliphatic rings. The Kier molecular flexibility index (Phi) is 30.4. The molecule has 1 amide bonds. The standard InChI is InChI=1S/C30H30N4O5.2C20H19NO4.C10H13N3O2.C10H11N.C8H6O3.C6H8O4/c1-2-20-5-3-6-23-26(18-31-29(20)23)25(24-7-4-8-27-30(24)39-19-38-27)17-28(35)33-15-13-32(14-16-33)21-9-11-22(12-10-21)34(36)37;2*1-2-12-5-3-6-13-16(10-21-19(12)13)15(9-18(22)23)14-7-4-8-17-20(14)25-11-24-17;14-13(15)10-3-1-9(2-4-10)12-7-5-11-6-8-12;1-2-8-4-3-5-9-6-7-11-10(8)9;9-4-6-2-1-3-7-8(6)11-5-10-7;1-6(2)9-4(7)3-5(8)10-6/h3-12,18,25,31H,2,13-17,19H2,1H3;2*3-8,10,15,21H,2,9,11H2,1H3,(H,22,23);1-4,11H,5-8H2;3-7,11H,2H2,1H3;1-4H,5H2;3H2,1-2H3. The minimum absolute atomic E-state index is 0.0108. The van der Waals surface area contributed by atoms with Crippen molar-refractivity contribution < 1.29 is 96.2 Å². The molecule has 11 heterocycles. The van der Waals surface area contributed by atoms with E-state index in [4.69, 9.17) is 37.9 Å². The smallest absolute Gasteiger partial charge is 0.320 e. The molecular formula is C104H106N10O22. The van der Waals surface area contributed by atoms with Gasteiger partial charge in [-0.2, -0.15) is 0 Å². The van der Waals surface area contributed by atoms with Crippen LogP contribution in [0, 0.1) is 20.2 Å². The van der Waals surface area contributed by atoms with Crippen molar-refractivity contribution in [3.63, 3.8) is 0 Å². The number of amides is 1. The highest BCUT2D eigenvalue weighted by atomic mass is 16.7. The van der Waals surface area contributed by atoms with Crippen LogP contribution in [-0.2, 0) is 59.1 Å². The number of aldehydes is 1. The van der Waals surface area contributed by atoms with E-state index in [2.05, 4.69) is 127 Å². The van der Waals surface area contributed by atoms with Crippen molar-refractivity contribution in [2.24, 2.45) is 0 Å². The number of cyclic esters (lactones) is 2. The molecular weight excluding hydrogens is 1740 g/mol. The highest BCUT2D eigenvalue weighted by molar-refractivity contribution is 5.94. The average molecular weight is 1850 g/mol. The summed E-state index contributed by atoms with van der Waals surface area (Å²) in [6.07, 6.45) is 12.5. The first-order valence-corrected chi connectivity index (χ1v) is 45.2. The number of non-ortho nitro benzene ring substituents is 2. The van der Waals surface area contributed by atoms with Crippen molar-refractivity contribution in [1.82, 2.24) is 30.2 Å². The van der Waals surface area contributed by atoms with E-state index in [1.165, 1.54) is 59.1 Å². The number of para-hydroxylation sites is 8. The lowest BCUT2D eigenvalue weighted by Crippen LogP contribution is -2.49. The first-order chi connectivity index (χ1) is 66.0. The van der Waals surface area contributed by atoms with Crippen molar-refractivity contribution >= 4 is 102 Å². The quantitative estimate of drug-likeness (QED) is 0.0115. The Labute approximate surface area is 782 Å². The van der Waals surface area contributed by atoms with Crippen LogP contribution in [0.1, 0.15) is 151 Å². The number of aryl methyl sites for hydroxylation is 4. The van der Waals surface area contributed by atoms with Crippen LogP contribution in [0.25, 0.3) is 43.6 Å². The number of nitro groups is 2. The minimum Gasteiger partial charge on any atom is -0.481 e. The number of carboxylic acid groups (broad SMARTS) is 2. The van der Waals surface area contributed by atoms with E-state index in [1.54, 1.807) is 42.5 Å². The summed E-state index contributed by atoms with van der Waals surface area (Å²) in [5.41, 5.74) is 18.0. The van der Waals surface area contributed by atoms with Crippen LogP contribution in [-0.4, -0.2) is 166 Å². The van der Waals surface area contributed by atoms with E-state index < -0.39 is 34.6 Å². The number of rotatable bonds is 21. The zero-order valence-electron chi connectivity index (χ0n) is 76.1. The van der Waals surface area contributed by atoms with E-state index >= 15 is 0 Å². The predicted molar refractivity (Wildman–Crippen MR) is 512 cm³/mol. The molecule has 0 bridgehead atoms. The lowest BCUT2D eigenvalue weighted by Gasteiger charge is -2.36. The number of aromatic nitrogens is 4. The molecule has 14 aromatic rings. The van der Waals surface area contributed by atoms with Crippen molar-refractivity contribution in [2.45, 2.75) is 116 Å². The topological polar surface area (TPSA) is 406 Å². The average Bonchev–Trinajstić information content (AvgIpc) is 1.62. The number of carbonyl (C=O) groups excluding carboxylic acids is 4. The number of nitro benzene ring substituents is 2. The van der Waals surface area contributed by atoms with Gasteiger partial charge in [-0.25, -0.2) is 0 Å². The van der Waals surface area contributed by atoms with Gasteiger partial charge in [0.15, 0.2) is 52.3 Å². The molecule has 3 saturated heterocycles. The maximum Gasteiger partial charge on any atom is 0.320 e. The normalized spacial score (nSPS) is 15.0. The number of esters is 2. The number of hydrogen-bond donors (Lipinski definition) is 7. The lowest BCUT2D eigenvalue weighted by atomic mass is 9.86. The van der Waals surface area contributed by atoms with Gasteiger partial charge in [0.25, 0.3) is 17.2 Å². The first kappa shape index (κ1) is 94.8. The minimum atomic E-state index is -1.08. The molecule has 0 spiro atoms. The Bertz CT molecular complexity index is 6470. The number of ether oxygens (including phenoxy) is 10. The number of nitrogens with one attached hydrogen (secondary N) is 5. The molecule has 3 atom stereocenters. The Morgan fingerprint density at radius 2 is 0.779 bits per heavy atom. The number of hydrogen-bond acceptors (Lipinski definition) is 23. The highest BCUT2D eigenvalue weighted by Crippen LogP contribution is 2.49. The van der Waals surface area contributed by atoms with Gasteiger partial charge in [-0.1, -0.05) is 143 Å². The van der Waals surface area contributed by atoms with E-state index in [0.717, 1.165) is 136 Å². The van der Waals surface area contributed by atoms with Crippen molar-refractivity contribution in [3.8, 4) is 46.0 Å². The molecule has 0 aliphatic carbocycles. The van der Waals surface area contributed by atoms with E-state index in [0.29, 0.717) is 84.2 Å². The van der Waals surface area contributed by atoms with Crippen LogP contribution in [0.5, 0.6) is 46.0 Å². The number of carboxylic acids is 2. The van der Waals surface area contributed by atoms with E-state index in [9.17, 15) is 59.2 Å². The number of anilines is 2. The maximum atomic E-state index is 13.7. The number of benzene rings is 10. The summed E-state index contributed by atoms with van der Waals surface area (Å²) in [5, 5.41) is 48.2. The molecule has 32 heteroatoms. The Morgan fingerprint density at radius 1 is 0.419 bits per heavy atom. The van der Waals surface area contributed by atoms with Gasteiger partial charge in [-0.3, -0.25) is 49.0 Å². The first-order valence-electron chi connectivity index (χ1n) is 45.2. The summed E-state index contributed by atoms with van der Waals surface area (Å²) in [6.45, 7) is 18.6. The van der Waals surface area contributed by atoms with Gasteiger partial charge in [0, 0.05) is 206 Å². The second-order valence-electron chi connectivity index (χ2n) is 33.2. The summed E-state index contributed by atoms with van der Waals surface area (Å²) < 4.78 is 53.1. The second kappa shape index (κ2) is 43.7. The largest absolute Gasteiger partial charge is 0.481 e. The predicted octanol–water partition coefficient (Wildman–Crippen LogP) is 18.5. The van der Waals surface area contributed by atoms with Gasteiger partial charge in [-0.15, -0.1) is 0 Å². The van der Waals surface area contributed by atoms with Crippen LogP contribution in [0.15, 0.2) is 225 Å². The van der Waals surface area contributed by atoms with Crippen LogP contribution < -0.4 is 53.0 Å². The number of carbonyl (C=O) groups is 6. The molecule has 4 aromatic heterocycles. The Balaban J connectivity index is 0.000000128. The van der Waals surface area contributed by atoms with Crippen molar-refractivity contribution in [1.29, 1.82) is 0 Å². The van der Waals surface area contributed by atoms with Crippen LogP contribution in [0.3, 0.4) is 0 Å². The second-order valence-corrected chi connectivity index (χ2v) is 33.2. The number of H-pyrrole nitrogens is 4. The summed E-state index contributed by atoms with van der Waals surface area (Å²) in [5.74, 6) is 0.688. The van der Waals surface area contributed by atoms with E-state index in [-0.39, 0.29) is 86.4 Å². The summed E-state index contributed by atoms with van der Waals surface area (Å²) in [6, 6.07) is 62.8. The van der Waals surface area contributed by atoms with Crippen LogP contribution in [0.4, 0.5) is 22.7 Å². The summed E-state index contributed by atoms with van der Waals surface area (Å²) >= 11 is 0. The molecule has 7 N–H and O–H groups in total. The molecule has 0 saturated carbocycles.